The van der Waals surface area contributed by atoms with Gasteiger partial charge in [-0.15, -0.1) is 5.10 Å². The van der Waals surface area contributed by atoms with E-state index in [2.05, 4.69) is 42.1 Å². The van der Waals surface area contributed by atoms with Gasteiger partial charge in [0.15, 0.2) is 11.5 Å². The molecular weight excluding hydrogens is 436 g/mol. The maximum absolute atomic E-state index is 10.1. The largest absolute Gasteiger partial charge is 0.369 e. The molecule has 178 valence electrons. The highest BCUT2D eigenvalue weighted by atomic mass is 16.5. The molecule has 1 aliphatic rings. The highest BCUT2D eigenvalue weighted by Gasteiger charge is 2.33. The van der Waals surface area contributed by atoms with Gasteiger partial charge in [-0.05, 0) is 50.6 Å². The summed E-state index contributed by atoms with van der Waals surface area (Å²) in [5.74, 6) is 1.56. The minimum absolute atomic E-state index is 0.245. The van der Waals surface area contributed by atoms with Crippen molar-refractivity contribution in [3.63, 3.8) is 0 Å². The van der Waals surface area contributed by atoms with Gasteiger partial charge in [0.2, 0.25) is 0 Å². The molecule has 1 atom stereocenters. The van der Waals surface area contributed by atoms with E-state index in [0.29, 0.717) is 23.6 Å². The smallest absolute Gasteiger partial charge is 0.177 e. The number of nitriles is 1. The number of aromatic nitrogens is 3. The summed E-state index contributed by atoms with van der Waals surface area (Å²) in [5, 5.41) is 15.0. The predicted octanol–water partition coefficient (Wildman–Crippen LogP) is 4.78. The number of ether oxygens (including phenoxy) is 1. The Labute approximate surface area is 206 Å². The molecule has 1 unspecified atom stereocenters. The SMILES string of the molecule is Cc1c(-c2ccccc2)c(N2CCCC2N(C)C)n2nc(COCc3ccccc3)nc2c1C#N. The number of nitrogens with zero attached hydrogens (tertiary/aromatic N) is 6. The molecule has 4 aromatic rings. The molecule has 0 saturated carbocycles. The summed E-state index contributed by atoms with van der Waals surface area (Å²) in [6.07, 6.45) is 2.41. The minimum Gasteiger partial charge on any atom is -0.369 e. The van der Waals surface area contributed by atoms with Crippen LogP contribution in [0.3, 0.4) is 0 Å². The number of rotatable bonds is 7. The van der Waals surface area contributed by atoms with Crippen LogP contribution in [-0.4, -0.2) is 46.3 Å². The molecule has 0 amide bonds. The summed E-state index contributed by atoms with van der Waals surface area (Å²) in [6, 6.07) is 22.7. The van der Waals surface area contributed by atoms with Crippen LogP contribution in [0.2, 0.25) is 0 Å². The van der Waals surface area contributed by atoms with Gasteiger partial charge in [-0.25, -0.2) is 4.98 Å². The van der Waals surface area contributed by atoms with E-state index < -0.39 is 0 Å². The molecule has 2 aromatic carbocycles. The highest BCUT2D eigenvalue weighted by molar-refractivity contribution is 5.85. The number of benzene rings is 2. The maximum Gasteiger partial charge on any atom is 0.177 e. The van der Waals surface area contributed by atoms with E-state index >= 15 is 0 Å². The minimum atomic E-state index is 0.245. The summed E-state index contributed by atoms with van der Waals surface area (Å²) in [7, 11) is 4.23. The lowest BCUT2D eigenvalue weighted by Crippen LogP contribution is -2.41. The second kappa shape index (κ2) is 9.87. The Morgan fingerprint density at radius 2 is 1.77 bits per heavy atom. The maximum atomic E-state index is 10.1. The van der Waals surface area contributed by atoms with Crippen molar-refractivity contribution in [2.24, 2.45) is 0 Å². The second-order valence-corrected chi connectivity index (χ2v) is 9.20. The molecule has 0 N–H and O–H groups in total. The van der Waals surface area contributed by atoms with Crippen LogP contribution in [0.4, 0.5) is 5.82 Å². The Balaban J connectivity index is 1.64. The monoisotopic (exact) mass is 466 g/mol. The van der Waals surface area contributed by atoms with E-state index in [1.807, 2.05) is 60.0 Å². The fraction of sp³-hybridized carbons (Fsp3) is 0.321. The van der Waals surface area contributed by atoms with Crippen LogP contribution in [0.1, 0.15) is 35.4 Å². The Morgan fingerprint density at radius 1 is 1.06 bits per heavy atom. The Bertz CT molecular complexity index is 1360. The van der Waals surface area contributed by atoms with Crippen molar-refractivity contribution in [3.8, 4) is 17.2 Å². The zero-order chi connectivity index (χ0) is 24.4. The van der Waals surface area contributed by atoms with E-state index in [-0.39, 0.29) is 12.8 Å². The van der Waals surface area contributed by atoms with Crippen molar-refractivity contribution in [2.45, 2.75) is 39.1 Å². The summed E-state index contributed by atoms with van der Waals surface area (Å²) in [4.78, 5) is 9.44. The predicted molar refractivity (Wildman–Crippen MR) is 137 cm³/mol. The highest BCUT2D eigenvalue weighted by Crippen LogP contribution is 2.40. The van der Waals surface area contributed by atoms with E-state index in [9.17, 15) is 5.26 Å². The lowest BCUT2D eigenvalue weighted by molar-refractivity contribution is 0.102. The molecule has 0 bridgehead atoms. The molecule has 1 saturated heterocycles. The molecule has 1 fully saturated rings. The lowest BCUT2D eigenvalue weighted by Gasteiger charge is -2.33. The molecule has 7 nitrogen and oxygen atoms in total. The molecule has 35 heavy (non-hydrogen) atoms. The van der Waals surface area contributed by atoms with Crippen molar-refractivity contribution in [1.82, 2.24) is 19.5 Å². The van der Waals surface area contributed by atoms with Crippen LogP contribution in [0, 0.1) is 18.3 Å². The fourth-order valence-electron chi connectivity index (χ4n) is 5.01. The van der Waals surface area contributed by atoms with Gasteiger partial charge in [0.05, 0.1) is 12.8 Å². The summed E-state index contributed by atoms with van der Waals surface area (Å²) in [6.45, 7) is 3.70. The first-order valence-electron chi connectivity index (χ1n) is 12.0. The molecule has 0 radical (unpaired) electrons. The molecule has 1 aliphatic heterocycles. The third-order valence-corrected chi connectivity index (χ3v) is 6.66. The van der Waals surface area contributed by atoms with E-state index in [1.165, 1.54) is 0 Å². The van der Waals surface area contributed by atoms with Crippen molar-refractivity contribution in [2.75, 3.05) is 25.5 Å². The molecule has 3 heterocycles. The van der Waals surface area contributed by atoms with Crippen molar-refractivity contribution in [3.05, 3.63) is 83.2 Å². The molecular formula is C28H30N6O. The number of anilines is 1. The summed E-state index contributed by atoms with van der Waals surface area (Å²) >= 11 is 0. The van der Waals surface area contributed by atoms with Crippen LogP contribution in [-0.2, 0) is 18.0 Å². The lowest BCUT2D eigenvalue weighted by atomic mass is 9.97. The van der Waals surface area contributed by atoms with E-state index in [0.717, 1.165) is 47.5 Å². The number of hydrogen-bond donors (Lipinski definition) is 0. The fourth-order valence-corrected chi connectivity index (χ4v) is 5.01. The first-order valence-corrected chi connectivity index (χ1v) is 12.0. The van der Waals surface area contributed by atoms with Gasteiger partial charge in [0.25, 0.3) is 0 Å². The van der Waals surface area contributed by atoms with Crippen LogP contribution < -0.4 is 4.90 Å². The van der Waals surface area contributed by atoms with Crippen LogP contribution in [0.15, 0.2) is 60.7 Å². The van der Waals surface area contributed by atoms with Gasteiger partial charge < -0.3 is 9.64 Å². The second-order valence-electron chi connectivity index (χ2n) is 9.20. The quantitative estimate of drug-likeness (QED) is 0.390. The normalized spacial score (nSPS) is 15.7. The molecule has 0 spiro atoms. The summed E-state index contributed by atoms with van der Waals surface area (Å²) in [5.41, 5.74) is 5.26. The van der Waals surface area contributed by atoms with Gasteiger partial charge in [0, 0.05) is 12.1 Å². The third kappa shape index (κ3) is 4.39. The molecule has 2 aromatic heterocycles. The zero-order valence-electron chi connectivity index (χ0n) is 20.5. The Hall–Kier alpha value is -3.73. The Kier molecular flexibility index (Phi) is 6.49. The van der Waals surface area contributed by atoms with Gasteiger partial charge in [-0.2, -0.15) is 9.78 Å². The average molecular weight is 467 g/mol. The van der Waals surface area contributed by atoms with Gasteiger partial charge in [0.1, 0.15) is 24.1 Å². The molecule has 0 aliphatic carbocycles. The first-order chi connectivity index (χ1) is 17.1. The number of fused-ring (bicyclic) bond motifs is 1. The van der Waals surface area contributed by atoms with Crippen LogP contribution in [0.5, 0.6) is 0 Å². The number of hydrogen-bond acceptors (Lipinski definition) is 6. The first kappa shape index (κ1) is 23.0. The van der Waals surface area contributed by atoms with Crippen molar-refractivity contribution >= 4 is 11.5 Å². The standard InChI is InChI=1S/C28H30N6O/c1-20-23(17-29)27-30-24(19-35-18-21-11-6-4-7-12-21)31-34(27)28(26(20)22-13-8-5-9-14-22)33-16-10-15-25(33)32(2)3/h4-9,11-14,25H,10,15-16,18-19H2,1-3H3. The van der Waals surface area contributed by atoms with Crippen LogP contribution >= 0.6 is 0 Å². The van der Waals surface area contributed by atoms with Crippen LogP contribution in [0.25, 0.3) is 16.8 Å². The van der Waals surface area contributed by atoms with Crippen molar-refractivity contribution in [1.29, 1.82) is 5.26 Å². The average Bonchev–Trinajstić information content (AvgIpc) is 3.52. The summed E-state index contributed by atoms with van der Waals surface area (Å²) < 4.78 is 7.81. The van der Waals surface area contributed by atoms with Crippen molar-refractivity contribution < 1.29 is 4.74 Å². The van der Waals surface area contributed by atoms with Gasteiger partial charge in [-0.3, -0.25) is 4.90 Å². The topological polar surface area (TPSA) is 69.7 Å². The number of pyridine rings is 1. The van der Waals surface area contributed by atoms with Gasteiger partial charge in [-0.1, -0.05) is 60.7 Å². The van der Waals surface area contributed by atoms with E-state index in [1.54, 1.807) is 0 Å². The third-order valence-electron chi connectivity index (χ3n) is 6.66. The molecule has 5 rings (SSSR count). The van der Waals surface area contributed by atoms with Gasteiger partial charge >= 0.3 is 0 Å². The zero-order valence-corrected chi connectivity index (χ0v) is 20.5. The Morgan fingerprint density at radius 3 is 2.46 bits per heavy atom. The molecule has 7 heteroatoms. The van der Waals surface area contributed by atoms with E-state index in [4.69, 9.17) is 14.8 Å².